The Bertz CT molecular complexity index is 1180. The van der Waals surface area contributed by atoms with E-state index >= 15 is 0 Å². The van der Waals surface area contributed by atoms with Gasteiger partial charge in [0, 0.05) is 23.2 Å². The summed E-state index contributed by atoms with van der Waals surface area (Å²) < 4.78 is 2.34. The van der Waals surface area contributed by atoms with Crippen molar-refractivity contribution in [3.05, 3.63) is 67.0 Å². The van der Waals surface area contributed by atoms with Crippen LogP contribution in [0.5, 0.6) is 0 Å². The maximum absolute atomic E-state index is 4.74. The van der Waals surface area contributed by atoms with Crippen LogP contribution < -0.4 is 0 Å². The average molecular weight is 313 g/mol. The Hall–Kier alpha value is -2.85. The first-order valence-corrected chi connectivity index (χ1v) is 8.19. The normalized spacial score (nSPS) is 11.5. The summed E-state index contributed by atoms with van der Waals surface area (Å²) >= 11 is 1.72. The Kier molecular flexibility index (Phi) is 2.66. The van der Waals surface area contributed by atoms with Gasteiger partial charge in [-0.25, -0.2) is 4.98 Å². The maximum atomic E-state index is 4.74. The first-order chi connectivity index (χ1) is 11.4. The number of aromatic nitrogens is 3. The van der Waals surface area contributed by atoms with Crippen LogP contribution in [0.1, 0.15) is 0 Å². The van der Waals surface area contributed by atoms with Crippen LogP contribution in [0.2, 0.25) is 0 Å². The average Bonchev–Trinajstić information content (AvgIpc) is 2.99. The summed E-state index contributed by atoms with van der Waals surface area (Å²) in [5.41, 5.74) is 3.80. The zero-order valence-corrected chi connectivity index (χ0v) is 12.9. The quantitative estimate of drug-likeness (QED) is 0.434. The Labute approximate surface area is 136 Å². The molecule has 4 heteroatoms. The van der Waals surface area contributed by atoms with Crippen LogP contribution in [0.4, 0.5) is 0 Å². The van der Waals surface area contributed by atoms with Crippen molar-refractivity contribution in [3.8, 4) is 11.4 Å². The minimum absolute atomic E-state index is 0.883. The summed E-state index contributed by atoms with van der Waals surface area (Å²) in [6, 6.07) is 18.4. The van der Waals surface area contributed by atoms with Crippen molar-refractivity contribution in [2.24, 2.45) is 0 Å². The third kappa shape index (κ3) is 1.99. The van der Waals surface area contributed by atoms with E-state index in [4.69, 9.17) is 4.98 Å². The van der Waals surface area contributed by atoms with Crippen molar-refractivity contribution in [2.45, 2.75) is 0 Å². The molecule has 0 radical (unpaired) electrons. The molecule has 0 aliphatic rings. The summed E-state index contributed by atoms with van der Waals surface area (Å²) in [4.78, 5) is 13.9. The fraction of sp³-hybridized carbons (Fsp3) is 0. The van der Waals surface area contributed by atoms with Crippen molar-refractivity contribution < 1.29 is 0 Å². The van der Waals surface area contributed by atoms with Crippen LogP contribution in [0.15, 0.2) is 67.0 Å². The molecule has 0 saturated carbocycles. The Morgan fingerprint density at radius 1 is 0.783 bits per heavy atom. The van der Waals surface area contributed by atoms with E-state index in [0.717, 1.165) is 37.9 Å². The van der Waals surface area contributed by atoms with Gasteiger partial charge >= 0.3 is 0 Å². The molecule has 0 spiro atoms. The van der Waals surface area contributed by atoms with E-state index in [9.17, 15) is 0 Å². The highest BCUT2D eigenvalue weighted by Crippen LogP contribution is 2.33. The predicted molar refractivity (Wildman–Crippen MR) is 95.7 cm³/mol. The molecule has 0 unspecified atom stereocenters. The van der Waals surface area contributed by atoms with Gasteiger partial charge in [0.2, 0.25) is 0 Å². The van der Waals surface area contributed by atoms with Crippen LogP contribution in [0.3, 0.4) is 0 Å². The lowest BCUT2D eigenvalue weighted by molar-refractivity contribution is 1.30. The van der Waals surface area contributed by atoms with E-state index in [1.807, 2.05) is 42.7 Å². The van der Waals surface area contributed by atoms with Crippen molar-refractivity contribution in [2.75, 3.05) is 0 Å². The second-order valence-electron chi connectivity index (χ2n) is 5.41. The van der Waals surface area contributed by atoms with Gasteiger partial charge in [0.1, 0.15) is 0 Å². The molecule has 0 bridgehead atoms. The van der Waals surface area contributed by atoms with Crippen LogP contribution in [-0.4, -0.2) is 15.0 Å². The molecule has 0 aliphatic carbocycles. The van der Waals surface area contributed by atoms with Crippen LogP contribution >= 0.6 is 11.3 Å². The minimum Gasteiger partial charge on any atom is -0.255 e. The van der Waals surface area contributed by atoms with Gasteiger partial charge in [0.05, 0.1) is 31.8 Å². The number of fused-ring (bicyclic) bond motifs is 4. The fourth-order valence-corrected chi connectivity index (χ4v) is 3.87. The van der Waals surface area contributed by atoms with E-state index in [2.05, 4.69) is 34.2 Å². The van der Waals surface area contributed by atoms with Gasteiger partial charge < -0.3 is 0 Å². The Balaban J connectivity index is 1.76. The topological polar surface area (TPSA) is 38.7 Å². The smallest absolute Gasteiger partial charge is 0.0894 e. The number of nitrogens with zero attached hydrogens (tertiary/aromatic N) is 3. The molecule has 23 heavy (non-hydrogen) atoms. The number of hydrogen-bond acceptors (Lipinski definition) is 4. The Morgan fingerprint density at radius 3 is 2.74 bits per heavy atom. The van der Waals surface area contributed by atoms with E-state index in [1.54, 1.807) is 11.3 Å². The summed E-state index contributed by atoms with van der Waals surface area (Å²) in [5.74, 6) is 0. The number of pyridine rings is 3. The van der Waals surface area contributed by atoms with Crippen LogP contribution in [0, 0.1) is 0 Å². The molecule has 108 valence electrons. The van der Waals surface area contributed by atoms with Crippen molar-refractivity contribution in [3.63, 3.8) is 0 Å². The molecule has 0 N–H and O–H groups in total. The maximum Gasteiger partial charge on any atom is 0.0894 e. The molecule has 0 aliphatic heterocycles. The second kappa shape index (κ2) is 4.83. The van der Waals surface area contributed by atoms with Gasteiger partial charge in [-0.05, 0) is 30.3 Å². The number of benzene rings is 1. The summed E-state index contributed by atoms with van der Waals surface area (Å²) in [7, 11) is 0. The third-order valence-corrected chi connectivity index (χ3v) is 5.07. The zero-order valence-electron chi connectivity index (χ0n) is 12.1. The van der Waals surface area contributed by atoms with Crippen molar-refractivity contribution in [1.82, 2.24) is 15.0 Å². The highest BCUT2D eigenvalue weighted by molar-refractivity contribution is 7.25. The summed E-state index contributed by atoms with van der Waals surface area (Å²) in [5, 5.41) is 2.28. The molecule has 5 rings (SSSR count). The lowest BCUT2D eigenvalue weighted by Gasteiger charge is -2.03. The fourth-order valence-electron chi connectivity index (χ4n) is 2.85. The zero-order chi connectivity index (χ0) is 15.2. The predicted octanol–water partition coefficient (Wildman–Crippen LogP) is 5.06. The van der Waals surface area contributed by atoms with Gasteiger partial charge in [-0.3, -0.25) is 9.97 Å². The van der Waals surface area contributed by atoms with Crippen LogP contribution in [0.25, 0.3) is 42.6 Å². The molecule has 0 fully saturated rings. The van der Waals surface area contributed by atoms with Gasteiger partial charge in [0.25, 0.3) is 0 Å². The second-order valence-corrected chi connectivity index (χ2v) is 6.49. The molecule has 1 aromatic carbocycles. The summed E-state index contributed by atoms with van der Waals surface area (Å²) in [6.45, 7) is 0. The van der Waals surface area contributed by atoms with E-state index in [1.165, 1.54) is 4.70 Å². The highest BCUT2D eigenvalue weighted by Gasteiger charge is 2.09. The van der Waals surface area contributed by atoms with E-state index in [0.29, 0.717) is 0 Å². The van der Waals surface area contributed by atoms with Crippen LogP contribution in [-0.2, 0) is 0 Å². The number of thiophene rings is 1. The first-order valence-electron chi connectivity index (χ1n) is 7.38. The first kappa shape index (κ1) is 12.7. The van der Waals surface area contributed by atoms with E-state index < -0.39 is 0 Å². The molecular weight excluding hydrogens is 302 g/mol. The number of rotatable bonds is 1. The third-order valence-electron chi connectivity index (χ3n) is 3.97. The molecule has 0 saturated heterocycles. The number of para-hydroxylation sites is 1. The van der Waals surface area contributed by atoms with Crippen molar-refractivity contribution >= 4 is 42.5 Å². The molecule has 0 atom stereocenters. The Morgan fingerprint density at radius 2 is 1.74 bits per heavy atom. The molecular formula is C19H11N3S. The van der Waals surface area contributed by atoms with Gasteiger partial charge in [0.15, 0.2) is 0 Å². The SMILES string of the molecule is c1ccc2nc(-c3cc4c(cn3)sc3cccnc34)ccc2c1. The highest BCUT2D eigenvalue weighted by atomic mass is 32.1. The molecule has 5 aromatic rings. The minimum atomic E-state index is 0.883. The molecule has 4 aromatic heterocycles. The van der Waals surface area contributed by atoms with Crippen molar-refractivity contribution in [1.29, 1.82) is 0 Å². The van der Waals surface area contributed by atoms with Gasteiger partial charge in [-0.1, -0.05) is 24.3 Å². The monoisotopic (exact) mass is 313 g/mol. The largest absolute Gasteiger partial charge is 0.255 e. The standard InChI is InChI=1S/C19H11N3S/c1-2-5-14-12(4-1)7-8-15(22-14)16-10-13-18(11-21-16)23-17-6-3-9-20-19(13)17/h1-11H. The molecule has 3 nitrogen and oxygen atoms in total. The molecule has 0 amide bonds. The lowest BCUT2D eigenvalue weighted by Crippen LogP contribution is -1.88. The summed E-state index contributed by atoms with van der Waals surface area (Å²) in [6.07, 6.45) is 3.76. The number of hydrogen-bond donors (Lipinski definition) is 0. The molecule has 4 heterocycles. The van der Waals surface area contributed by atoms with E-state index in [-0.39, 0.29) is 0 Å². The van der Waals surface area contributed by atoms with Gasteiger partial charge in [-0.2, -0.15) is 0 Å². The van der Waals surface area contributed by atoms with Gasteiger partial charge in [-0.15, -0.1) is 11.3 Å². The lowest BCUT2D eigenvalue weighted by atomic mass is 10.1.